The average Bonchev–Trinajstić information content (AvgIpc) is 2.89. The molecule has 0 spiro atoms. The van der Waals surface area contributed by atoms with Gasteiger partial charge in [0.15, 0.2) is 0 Å². The molecule has 0 aliphatic carbocycles. The number of carbonyl (C=O) groups excluding carboxylic acids is 1. The van der Waals surface area contributed by atoms with Crippen LogP contribution in [0.3, 0.4) is 0 Å². The Balaban J connectivity index is 1.99. The monoisotopic (exact) mass is 331 g/mol. The van der Waals surface area contributed by atoms with Crippen LogP contribution in [0.2, 0.25) is 5.02 Å². The molecule has 0 radical (unpaired) electrons. The summed E-state index contributed by atoms with van der Waals surface area (Å²) < 4.78 is 15.0. The van der Waals surface area contributed by atoms with Gasteiger partial charge in [0, 0.05) is 11.9 Å². The number of hydrogen-bond donors (Lipinski definition) is 1. The number of rotatable bonds is 4. The summed E-state index contributed by atoms with van der Waals surface area (Å²) in [5.74, 6) is -0.819. The summed E-state index contributed by atoms with van der Waals surface area (Å²) in [7, 11) is 0. The van der Waals surface area contributed by atoms with E-state index in [1.165, 1.54) is 18.2 Å². The Morgan fingerprint density at radius 2 is 2.17 bits per heavy atom. The van der Waals surface area contributed by atoms with E-state index in [0.717, 1.165) is 17.8 Å². The first-order valence-corrected chi connectivity index (χ1v) is 7.70. The maximum atomic E-state index is 13.2. The van der Waals surface area contributed by atoms with Gasteiger partial charge in [0.25, 0.3) is 5.91 Å². The SMILES string of the molecule is CCCc1nc2ccccn2c1C(=O)Nc1ccc(F)c(Cl)c1. The molecule has 0 saturated heterocycles. The first-order valence-electron chi connectivity index (χ1n) is 7.32. The Labute approximate surface area is 137 Å². The number of aryl methyl sites for hydroxylation is 1. The Morgan fingerprint density at radius 3 is 2.91 bits per heavy atom. The normalized spacial score (nSPS) is 10.9. The van der Waals surface area contributed by atoms with Crippen LogP contribution < -0.4 is 5.32 Å². The summed E-state index contributed by atoms with van der Waals surface area (Å²) in [5.41, 5.74) is 2.39. The van der Waals surface area contributed by atoms with Crippen molar-refractivity contribution in [1.82, 2.24) is 9.38 Å². The topological polar surface area (TPSA) is 46.4 Å². The molecular formula is C17H15ClFN3O. The average molecular weight is 332 g/mol. The van der Waals surface area contributed by atoms with E-state index in [0.29, 0.717) is 17.8 Å². The van der Waals surface area contributed by atoms with Crippen molar-refractivity contribution in [2.75, 3.05) is 5.32 Å². The molecule has 1 amide bonds. The summed E-state index contributed by atoms with van der Waals surface area (Å²) in [5, 5.41) is 2.72. The third-order valence-corrected chi connectivity index (χ3v) is 3.77. The predicted molar refractivity (Wildman–Crippen MR) is 88.6 cm³/mol. The summed E-state index contributed by atoms with van der Waals surface area (Å²) in [6.45, 7) is 2.03. The molecule has 0 unspecified atom stereocenters. The zero-order chi connectivity index (χ0) is 16.4. The third kappa shape index (κ3) is 3.05. The molecule has 0 aliphatic heterocycles. The van der Waals surface area contributed by atoms with E-state index < -0.39 is 5.82 Å². The first kappa shape index (κ1) is 15.5. The molecule has 2 aromatic heterocycles. The predicted octanol–water partition coefficient (Wildman–Crippen LogP) is 4.33. The van der Waals surface area contributed by atoms with Crippen LogP contribution in [-0.2, 0) is 6.42 Å². The van der Waals surface area contributed by atoms with E-state index in [2.05, 4.69) is 10.3 Å². The quantitative estimate of drug-likeness (QED) is 0.773. The van der Waals surface area contributed by atoms with Gasteiger partial charge >= 0.3 is 0 Å². The van der Waals surface area contributed by atoms with E-state index in [1.807, 2.05) is 25.1 Å². The highest BCUT2D eigenvalue weighted by molar-refractivity contribution is 6.31. The number of pyridine rings is 1. The molecule has 0 saturated carbocycles. The molecular weight excluding hydrogens is 317 g/mol. The summed E-state index contributed by atoms with van der Waals surface area (Å²) >= 11 is 5.75. The lowest BCUT2D eigenvalue weighted by Gasteiger charge is -2.07. The molecule has 1 N–H and O–H groups in total. The fourth-order valence-electron chi connectivity index (χ4n) is 2.46. The van der Waals surface area contributed by atoms with Gasteiger partial charge in [-0.05, 0) is 36.8 Å². The lowest BCUT2D eigenvalue weighted by atomic mass is 10.2. The molecule has 0 fully saturated rings. The molecule has 23 heavy (non-hydrogen) atoms. The third-order valence-electron chi connectivity index (χ3n) is 3.48. The van der Waals surface area contributed by atoms with E-state index >= 15 is 0 Å². The second-order valence-electron chi connectivity index (χ2n) is 5.17. The second kappa shape index (κ2) is 6.38. The fraction of sp³-hybridized carbons (Fsp3) is 0.176. The van der Waals surface area contributed by atoms with Crippen molar-refractivity contribution in [2.45, 2.75) is 19.8 Å². The standard InChI is InChI=1S/C17H15ClFN3O/c1-2-5-14-16(22-9-4-3-6-15(22)21-14)17(23)20-11-7-8-13(19)12(18)10-11/h3-4,6-10H,2,5H2,1H3,(H,20,23). The molecule has 1 aromatic carbocycles. The van der Waals surface area contributed by atoms with Gasteiger partial charge in [0.05, 0.1) is 10.7 Å². The number of carbonyl (C=O) groups is 1. The van der Waals surface area contributed by atoms with Crippen molar-refractivity contribution < 1.29 is 9.18 Å². The van der Waals surface area contributed by atoms with Crippen LogP contribution >= 0.6 is 11.6 Å². The Kier molecular flexibility index (Phi) is 4.30. The minimum atomic E-state index is -0.522. The molecule has 0 aliphatic rings. The van der Waals surface area contributed by atoms with Gasteiger partial charge in [-0.15, -0.1) is 0 Å². The first-order chi connectivity index (χ1) is 11.1. The number of halogens is 2. The van der Waals surface area contributed by atoms with Gasteiger partial charge < -0.3 is 5.32 Å². The van der Waals surface area contributed by atoms with Crippen LogP contribution in [0.15, 0.2) is 42.6 Å². The number of benzene rings is 1. The van der Waals surface area contributed by atoms with Crippen molar-refractivity contribution in [3.05, 3.63) is 64.8 Å². The van der Waals surface area contributed by atoms with Crippen molar-refractivity contribution in [2.24, 2.45) is 0 Å². The van der Waals surface area contributed by atoms with Gasteiger partial charge in [0.1, 0.15) is 17.2 Å². The highest BCUT2D eigenvalue weighted by atomic mass is 35.5. The lowest BCUT2D eigenvalue weighted by molar-refractivity contribution is 0.102. The maximum Gasteiger partial charge on any atom is 0.274 e. The number of fused-ring (bicyclic) bond motifs is 1. The van der Waals surface area contributed by atoms with Crippen molar-refractivity contribution >= 4 is 28.8 Å². The van der Waals surface area contributed by atoms with Crippen LogP contribution in [0.25, 0.3) is 5.65 Å². The summed E-state index contributed by atoms with van der Waals surface area (Å²) in [4.78, 5) is 17.2. The van der Waals surface area contributed by atoms with Crippen LogP contribution in [0, 0.1) is 5.82 Å². The highest BCUT2D eigenvalue weighted by Crippen LogP contribution is 2.21. The Hall–Kier alpha value is -2.40. The van der Waals surface area contributed by atoms with Gasteiger partial charge in [0.2, 0.25) is 0 Å². The maximum absolute atomic E-state index is 13.2. The number of aromatic nitrogens is 2. The summed E-state index contributed by atoms with van der Waals surface area (Å²) in [6, 6.07) is 9.65. The zero-order valence-electron chi connectivity index (χ0n) is 12.5. The van der Waals surface area contributed by atoms with E-state index in [-0.39, 0.29) is 10.9 Å². The summed E-state index contributed by atoms with van der Waals surface area (Å²) in [6.07, 6.45) is 3.38. The Bertz CT molecular complexity index is 875. The Morgan fingerprint density at radius 1 is 1.35 bits per heavy atom. The largest absolute Gasteiger partial charge is 0.321 e. The number of amides is 1. The zero-order valence-corrected chi connectivity index (χ0v) is 13.3. The smallest absolute Gasteiger partial charge is 0.274 e. The number of imidazole rings is 1. The number of hydrogen-bond acceptors (Lipinski definition) is 2. The van der Waals surface area contributed by atoms with E-state index in [9.17, 15) is 9.18 Å². The van der Waals surface area contributed by atoms with Crippen molar-refractivity contribution in [3.63, 3.8) is 0 Å². The molecule has 3 aromatic rings. The number of anilines is 1. The van der Waals surface area contributed by atoms with Gasteiger partial charge in [-0.25, -0.2) is 9.37 Å². The molecule has 118 valence electrons. The molecule has 3 rings (SSSR count). The molecule has 6 heteroatoms. The fourth-order valence-corrected chi connectivity index (χ4v) is 2.64. The molecule has 4 nitrogen and oxygen atoms in total. The number of nitrogens with zero attached hydrogens (tertiary/aromatic N) is 2. The molecule has 2 heterocycles. The highest BCUT2D eigenvalue weighted by Gasteiger charge is 2.19. The molecule has 0 bridgehead atoms. The van der Waals surface area contributed by atoms with E-state index in [1.54, 1.807) is 10.6 Å². The van der Waals surface area contributed by atoms with Crippen LogP contribution in [0.1, 0.15) is 29.5 Å². The van der Waals surface area contributed by atoms with Gasteiger partial charge in [-0.2, -0.15) is 0 Å². The lowest BCUT2D eigenvalue weighted by Crippen LogP contribution is -2.16. The van der Waals surface area contributed by atoms with Crippen LogP contribution in [0.4, 0.5) is 10.1 Å². The minimum absolute atomic E-state index is 0.0327. The van der Waals surface area contributed by atoms with Gasteiger partial charge in [-0.3, -0.25) is 9.20 Å². The van der Waals surface area contributed by atoms with Gasteiger partial charge in [-0.1, -0.05) is 31.0 Å². The molecule has 0 atom stereocenters. The van der Waals surface area contributed by atoms with Crippen molar-refractivity contribution in [1.29, 1.82) is 0 Å². The minimum Gasteiger partial charge on any atom is -0.321 e. The van der Waals surface area contributed by atoms with E-state index in [4.69, 9.17) is 11.6 Å². The van der Waals surface area contributed by atoms with Crippen molar-refractivity contribution in [3.8, 4) is 0 Å². The second-order valence-corrected chi connectivity index (χ2v) is 5.58. The van der Waals surface area contributed by atoms with Crippen LogP contribution in [0.5, 0.6) is 0 Å². The van der Waals surface area contributed by atoms with Crippen LogP contribution in [-0.4, -0.2) is 15.3 Å². The number of nitrogens with one attached hydrogen (secondary N) is 1.